The molecule has 3 unspecified atom stereocenters. The third-order valence-electron chi connectivity index (χ3n) is 7.04. The second-order valence-electron chi connectivity index (χ2n) is 9.51. The summed E-state index contributed by atoms with van der Waals surface area (Å²) in [5, 5.41) is 0. The maximum Gasteiger partial charge on any atom is -0.00137 e. The van der Waals surface area contributed by atoms with Crippen molar-refractivity contribution in [1.29, 1.82) is 0 Å². The molecule has 2 aromatic rings. The third kappa shape index (κ3) is 4.02. The lowest BCUT2D eigenvalue weighted by atomic mass is 9.67. The van der Waals surface area contributed by atoms with Gasteiger partial charge in [-0.3, -0.25) is 0 Å². The molecule has 146 valence electrons. The van der Waals surface area contributed by atoms with Crippen LogP contribution in [0.4, 0.5) is 0 Å². The molecule has 2 aromatic carbocycles. The molecule has 0 saturated heterocycles. The van der Waals surface area contributed by atoms with Gasteiger partial charge in [0.15, 0.2) is 0 Å². The van der Waals surface area contributed by atoms with Gasteiger partial charge in [-0.1, -0.05) is 94.0 Å². The van der Waals surface area contributed by atoms with Gasteiger partial charge >= 0.3 is 0 Å². The van der Waals surface area contributed by atoms with Crippen molar-refractivity contribution in [1.82, 2.24) is 0 Å². The number of hydrogen-bond donors (Lipinski definition) is 0. The van der Waals surface area contributed by atoms with Crippen LogP contribution in [0.25, 0.3) is 11.6 Å². The van der Waals surface area contributed by atoms with Crippen LogP contribution in [0.3, 0.4) is 0 Å². The molecule has 2 aliphatic carbocycles. The summed E-state index contributed by atoms with van der Waals surface area (Å²) in [4.78, 5) is 0. The molecule has 0 bridgehead atoms. The predicted molar refractivity (Wildman–Crippen MR) is 122 cm³/mol. The van der Waals surface area contributed by atoms with E-state index in [2.05, 4.69) is 82.0 Å². The fourth-order valence-electron chi connectivity index (χ4n) is 5.40. The van der Waals surface area contributed by atoms with Crippen molar-refractivity contribution < 1.29 is 0 Å². The molecule has 0 heterocycles. The molecule has 0 heteroatoms. The van der Waals surface area contributed by atoms with Crippen LogP contribution in [-0.2, 0) is 12.8 Å². The van der Waals surface area contributed by atoms with E-state index in [-0.39, 0.29) is 0 Å². The van der Waals surface area contributed by atoms with Gasteiger partial charge in [-0.15, -0.1) is 0 Å². The molecule has 0 amide bonds. The molecule has 4 rings (SSSR count). The van der Waals surface area contributed by atoms with E-state index in [0.29, 0.717) is 5.92 Å². The minimum absolute atomic E-state index is 0.687. The highest BCUT2D eigenvalue weighted by molar-refractivity contribution is 5.88. The normalized spacial score (nSPS) is 24.1. The lowest BCUT2D eigenvalue weighted by Gasteiger charge is -2.38. The molecule has 28 heavy (non-hydrogen) atoms. The molecule has 2 aliphatic rings. The van der Waals surface area contributed by atoms with E-state index in [1.54, 1.807) is 0 Å². The van der Waals surface area contributed by atoms with Crippen LogP contribution in [0.5, 0.6) is 0 Å². The first-order chi connectivity index (χ1) is 13.5. The zero-order chi connectivity index (χ0) is 19.7. The molecule has 1 fully saturated rings. The molecule has 0 radical (unpaired) electrons. The minimum atomic E-state index is 0.687. The van der Waals surface area contributed by atoms with Crippen molar-refractivity contribution in [2.24, 2.45) is 23.7 Å². The molecule has 3 atom stereocenters. The van der Waals surface area contributed by atoms with E-state index >= 15 is 0 Å². The van der Waals surface area contributed by atoms with Crippen molar-refractivity contribution in [3.8, 4) is 0 Å². The molecule has 0 spiro atoms. The first kappa shape index (κ1) is 19.2. The quantitative estimate of drug-likeness (QED) is 0.476. The number of rotatable bonds is 5. The Bertz CT molecular complexity index is 868. The SMILES string of the molecule is C=C(Cc1ccc2c(c1)C=C(c1ccccc1)C2)C1CC(C)CCC1C(C)C. The van der Waals surface area contributed by atoms with Crippen LogP contribution >= 0.6 is 0 Å². The number of fused-ring (bicyclic) bond motifs is 1. The van der Waals surface area contributed by atoms with E-state index < -0.39 is 0 Å². The van der Waals surface area contributed by atoms with Crippen molar-refractivity contribution >= 4 is 11.6 Å². The average Bonchev–Trinajstić information content (AvgIpc) is 3.11. The van der Waals surface area contributed by atoms with Crippen LogP contribution in [0, 0.1) is 23.7 Å². The third-order valence-corrected chi connectivity index (χ3v) is 7.04. The second kappa shape index (κ2) is 8.11. The lowest BCUT2D eigenvalue weighted by Crippen LogP contribution is -2.29. The summed E-state index contributed by atoms with van der Waals surface area (Å²) < 4.78 is 0. The molecular formula is C28H34. The van der Waals surface area contributed by atoms with E-state index in [0.717, 1.165) is 30.6 Å². The Kier molecular flexibility index (Phi) is 5.58. The van der Waals surface area contributed by atoms with Crippen molar-refractivity contribution in [3.63, 3.8) is 0 Å². The fraction of sp³-hybridized carbons (Fsp3) is 0.429. The Morgan fingerprint density at radius 2 is 1.86 bits per heavy atom. The maximum atomic E-state index is 4.58. The summed E-state index contributed by atoms with van der Waals surface area (Å²) in [7, 11) is 0. The van der Waals surface area contributed by atoms with Gasteiger partial charge in [-0.2, -0.15) is 0 Å². The lowest BCUT2D eigenvalue weighted by molar-refractivity contribution is 0.168. The number of allylic oxidation sites excluding steroid dienone is 2. The van der Waals surface area contributed by atoms with E-state index in [1.165, 1.54) is 52.7 Å². The second-order valence-corrected chi connectivity index (χ2v) is 9.51. The molecular weight excluding hydrogens is 336 g/mol. The van der Waals surface area contributed by atoms with Crippen LogP contribution in [0.15, 0.2) is 60.7 Å². The standard InChI is InChI=1S/C28H34/c1-19(2)27-13-10-20(3)14-28(27)21(4)15-22-11-12-24-17-26(18-25(24)16-22)23-8-6-5-7-9-23/h5-9,11-12,16,18-20,27-28H,4,10,13-15,17H2,1-3H3. The summed E-state index contributed by atoms with van der Waals surface area (Å²) in [6, 6.07) is 17.9. The van der Waals surface area contributed by atoms with Crippen molar-refractivity contribution in [2.75, 3.05) is 0 Å². The van der Waals surface area contributed by atoms with Crippen LogP contribution in [-0.4, -0.2) is 0 Å². The first-order valence-corrected chi connectivity index (χ1v) is 11.1. The molecule has 0 nitrogen and oxygen atoms in total. The van der Waals surface area contributed by atoms with Gasteiger partial charge in [0.25, 0.3) is 0 Å². The zero-order valence-corrected chi connectivity index (χ0v) is 17.7. The van der Waals surface area contributed by atoms with Gasteiger partial charge in [0.05, 0.1) is 0 Å². The number of hydrogen-bond acceptors (Lipinski definition) is 0. The maximum absolute atomic E-state index is 4.58. The van der Waals surface area contributed by atoms with Gasteiger partial charge in [-0.25, -0.2) is 0 Å². The summed E-state index contributed by atoms with van der Waals surface area (Å²) in [6.07, 6.45) is 8.55. The monoisotopic (exact) mass is 370 g/mol. The summed E-state index contributed by atoms with van der Waals surface area (Å²) in [6.45, 7) is 11.8. The smallest absolute Gasteiger partial charge is 0.00137 e. The van der Waals surface area contributed by atoms with E-state index in [9.17, 15) is 0 Å². The zero-order valence-electron chi connectivity index (χ0n) is 17.7. The van der Waals surface area contributed by atoms with E-state index in [1.807, 2.05) is 0 Å². The summed E-state index contributed by atoms with van der Waals surface area (Å²) >= 11 is 0. The van der Waals surface area contributed by atoms with Gasteiger partial charge in [0, 0.05) is 0 Å². The Balaban J connectivity index is 1.51. The highest BCUT2D eigenvalue weighted by atomic mass is 14.4. The summed E-state index contributed by atoms with van der Waals surface area (Å²) in [5.41, 5.74) is 8.53. The predicted octanol–water partition coefficient (Wildman–Crippen LogP) is 7.59. The highest BCUT2D eigenvalue weighted by Gasteiger charge is 2.32. The largest absolute Gasteiger partial charge is 0.0992 e. The minimum Gasteiger partial charge on any atom is -0.0992 e. The van der Waals surface area contributed by atoms with Crippen LogP contribution in [0.1, 0.15) is 62.3 Å². The van der Waals surface area contributed by atoms with Crippen molar-refractivity contribution in [3.05, 3.63) is 82.9 Å². The van der Waals surface area contributed by atoms with Gasteiger partial charge in [-0.05, 0) is 77.2 Å². The van der Waals surface area contributed by atoms with Crippen LogP contribution in [0.2, 0.25) is 0 Å². The molecule has 0 aromatic heterocycles. The summed E-state index contributed by atoms with van der Waals surface area (Å²) in [5.74, 6) is 3.09. The van der Waals surface area contributed by atoms with Gasteiger partial charge < -0.3 is 0 Å². The molecule has 0 aliphatic heterocycles. The number of benzene rings is 2. The van der Waals surface area contributed by atoms with Gasteiger partial charge in [0.2, 0.25) is 0 Å². The van der Waals surface area contributed by atoms with E-state index in [4.69, 9.17) is 0 Å². The Morgan fingerprint density at radius 1 is 1.07 bits per heavy atom. The van der Waals surface area contributed by atoms with Crippen LogP contribution < -0.4 is 0 Å². The Morgan fingerprint density at radius 3 is 2.61 bits per heavy atom. The molecule has 0 N–H and O–H groups in total. The van der Waals surface area contributed by atoms with Gasteiger partial charge in [0.1, 0.15) is 0 Å². The Hall–Kier alpha value is -2.08. The van der Waals surface area contributed by atoms with Crippen molar-refractivity contribution in [2.45, 2.75) is 52.9 Å². The molecule has 1 saturated carbocycles. The average molecular weight is 371 g/mol. The Labute approximate surface area is 171 Å². The first-order valence-electron chi connectivity index (χ1n) is 11.1. The topological polar surface area (TPSA) is 0 Å². The fourth-order valence-corrected chi connectivity index (χ4v) is 5.40. The highest BCUT2D eigenvalue weighted by Crippen LogP contribution is 2.42.